The smallest absolute Gasteiger partial charge is 0.271 e. The molecule has 0 unspecified atom stereocenters. The Labute approximate surface area is 103 Å². The standard InChI is InChI=1S/C10H10N4O2S/c15-14(16)7-1-2-9-8(5-7)11-10-6-12(17)3-4-13(9)10/h1-2,5,17H,3-4,6H2. The highest BCUT2D eigenvalue weighted by Crippen LogP contribution is 2.24. The number of nitrogens with zero attached hydrogens (tertiary/aromatic N) is 4. The molecule has 1 aromatic carbocycles. The zero-order valence-corrected chi connectivity index (χ0v) is 9.80. The maximum Gasteiger partial charge on any atom is 0.271 e. The Morgan fingerprint density at radius 3 is 3.00 bits per heavy atom. The van der Waals surface area contributed by atoms with E-state index in [-0.39, 0.29) is 5.69 Å². The number of benzene rings is 1. The van der Waals surface area contributed by atoms with Crippen molar-refractivity contribution in [2.45, 2.75) is 13.1 Å². The van der Waals surface area contributed by atoms with Gasteiger partial charge in [0.05, 0.1) is 22.5 Å². The molecule has 1 aliphatic heterocycles. The van der Waals surface area contributed by atoms with Crippen molar-refractivity contribution in [1.82, 2.24) is 13.9 Å². The van der Waals surface area contributed by atoms with Crippen LogP contribution in [0.15, 0.2) is 18.2 Å². The third-order valence-electron chi connectivity index (χ3n) is 2.93. The van der Waals surface area contributed by atoms with Gasteiger partial charge in [0.15, 0.2) is 0 Å². The molecule has 0 fully saturated rings. The second-order valence-corrected chi connectivity index (χ2v) is 4.56. The first-order valence-electron chi connectivity index (χ1n) is 5.22. The molecule has 0 aliphatic carbocycles. The average molecular weight is 250 g/mol. The molecule has 0 saturated carbocycles. The van der Waals surface area contributed by atoms with Gasteiger partial charge in [-0.1, -0.05) is 12.8 Å². The predicted octanol–water partition coefficient (Wildman–Crippen LogP) is 1.60. The Balaban J connectivity index is 2.17. The molecule has 0 atom stereocenters. The Bertz CT molecular complexity index is 610. The first-order valence-corrected chi connectivity index (χ1v) is 5.62. The number of hydrogen-bond donors (Lipinski definition) is 1. The topological polar surface area (TPSA) is 64.2 Å². The molecule has 2 heterocycles. The van der Waals surface area contributed by atoms with Gasteiger partial charge in [-0.3, -0.25) is 10.1 Å². The minimum absolute atomic E-state index is 0.0793. The van der Waals surface area contributed by atoms with E-state index in [2.05, 4.69) is 22.4 Å². The molecular weight excluding hydrogens is 240 g/mol. The maximum absolute atomic E-state index is 10.7. The monoisotopic (exact) mass is 250 g/mol. The molecule has 0 radical (unpaired) electrons. The average Bonchev–Trinajstić information content (AvgIpc) is 2.64. The first-order chi connectivity index (χ1) is 8.15. The van der Waals surface area contributed by atoms with Crippen LogP contribution in [0.3, 0.4) is 0 Å². The molecule has 0 bridgehead atoms. The Morgan fingerprint density at radius 1 is 1.41 bits per heavy atom. The lowest BCUT2D eigenvalue weighted by molar-refractivity contribution is -0.384. The molecule has 0 N–H and O–H groups in total. The summed E-state index contributed by atoms with van der Waals surface area (Å²) in [6, 6.07) is 4.80. The zero-order chi connectivity index (χ0) is 12.0. The molecular formula is C10H10N4O2S. The molecule has 17 heavy (non-hydrogen) atoms. The third kappa shape index (κ3) is 1.67. The quantitative estimate of drug-likeness (QED) is 0.474. The van der Waals surface area contributed by atoms with Gasteiger partial charge in [-0.25, -0.2) is 9.29 Å². The SMILES string of the molecule is O=[N+]([O-])c1ccc2c(c1)nc1n2CCN(S)C1. The van der Waals surface area contributed by atoms with E-state index in [1.54, 1.807) is 6.07 Å². The van der Waals surface area contributed by atoms with Gasteiger partial charge in [-0.2, -0.15) is 0 Å². The molecule has 0 spiro atoms. The minimum Gasteiger partial charge on any atom is -0.326 e. The highest BCUT2D eigenvalue weighted by atomic mass is 32.1. The number of imidazole rings is 1. The summed E-state index contributed by atoms with van der Waals surface area (Å²) in [7, 11) is 0. The lowest BCUT2D eigenvalue weighted by atomic mass is 10.3. The number of non-ortho nitro benzene ring substituents is 1. The number of hydrogen-bond acceptors (Lipinski definition) is 5. The molecule has 6 nitrogen and oxygen atoms in total. The van der Waals surface area contributed by atoms with Crippen molar-refractivity contribution in [1.29, 1.82) is 0 Å². The van der Waals surface area contributed by atoms with Crippen LogP contribution in [0.25, 0.3) is 11.0 Å². The van der Waals surface area contributed by atoms with Crippen molar-refractivity contribution in [3.8, 4) is 0 Å². The van der Waals surface area contributed by atoms with Gasteiger partial charge in [-0.05, 0) is 6.07 Å². The normalized spacial score (nSPS) is 16.1. The van der Waals surface area contributed by atoms with Crippen molar-refractivity contribution in [2.75, 3.05) is 6.54 Å². The van der Waals surface area contributed by atoms with Crippen LogP contribution in [0.1, 0.15) is 5.82 Å². The lowest BCUT2D eigenvalue weighted by Gasteiger charge is -2.22. The number of aromatic nitrogens is 2. The predicted molar refractivity (Wildman–Crippen MR) is 65.8 cm³/mol. The van der Waals surface area contributed by atoms with Gasteiger partial charge in [0, 0.05) is 25.2 Å². The van der Waals surface area contributed by atoms with Crippen molar-refractivity contribution in [3.05, 3.63) is 34.1 Å². The van der Waals surface area contributed by atoms with Crippen molar-refractivity contribution in [2.24, 2.45) is 0 Å². The first kappa shape index (κ1) is 10.5. The van der Waals surface area contributed by atoms with E-state index in [9.17, 15) is 10.1 Å². The van der Waals surface area contributed by atoms with Crippen LogP contribution in [0, 0.1) is 10.1 Å². The fourth-order valence-electron chi connectivity index (χ4n) is 2.11. The van der Waals surface area contributed by atoms with Crippen LogP contribution in [0.2, 0.25) is 0 Å². The molecule has 1 aromatic heterocycles. The van der Waals surface area contributed by atoms with Gasteiger partial charge in [0.25, 0.3) is 5.69 Å². The Kier molecular flexibility index (Phi) is 2.30. The number of nitro benzene ring substituents is 1. The Morgan fingerprint density at radius 2 is 2.24 bits per heavy atom. The van der Waals surface area contributed by atoms with Crippen molar-refractivity contribution < 1.29 is 4.92 Å². The minimum atomic E-state index is -0.400. The van der Waals surface area contributed by atoms with Crippen molar-refractivity contribution >= 4 is 29.5 Å². The fraction of sp³-hybridized carbons (Fsp3) is 0.300. The summed E-state index contributed by atoms with van der Waals surface area (Å²) in [6.45, 7) is 2.32. The molecule has 0 amide bonds. The fourth-order valence-corrected chi connectivity index (χ4v) is 2.33. The van der Waals surface area contributed by atoms with Crippen molar-refractivity contribution in [3.63, 3.8) is 0 Å². The van der Waals surface area contributed by atoms with E-state index in [0.29, 0.717) is 12.1 Å². The molecule has 0 saturated heterocycles. The van der Waals surface area contributed by atoms with E-state index in [1.165, 1.54) is 12.1 Å². The summed E-state index contributed by atoms with van der Waals surface area (Å²) in [5.74, 6) is 0.904. The van der Waals surface area contributed by atoms with Crippen LogP contribution in [-0.4, -0.2) is 25.3 Å². The summed E-state index contributed by atoms with van der Waals surface area (Å²) < 4.78 is 3.97. The number of thiol groups is 1. The van der Waals surface area contributed by atoms with Crippen LogP contribution in [-0.2, 0) is 13.1 Å². The largest absolute Gasteiger partial charge is 0.326 e. The van der Waals surface area contributed by atoms with E-state index in [0.717, 1.165) is 24.4 Å². The number of rotatable bonds is 1. The highest BCUT2D eigenvalue weighted by molar-refractivity contribution is 7.77. The van der Waals surface area contributed by atoms with E-state index in [4.69, 9.17) is 0 Å². The van der Waals surface area contributed by atoms with Gasteiger partial charge in [-0.15, -0.1) is 0 Å². The Hall–Kier alpha value is -1.60. The van der Waals surface area contributed by atoms with Gasteiger partial charge in [0.1, 0.15) is 5.82 Å². The van der Waals surface area contributed by atoms with E-state index < -0.39 is 4.92 Å². The van der Waals surface area contributed by atoms with Crippen LogP contribution in [0.5, 0.6) is 0 Å². The van der Waals surface area contributed by atoms with Gasteiger partial charge in [0.2, 0.25) is 0 Å². The highest BCUT2D eigenvalue weighted by Gasteiger charge is 2.19. The van der Waals surface area contributed by atoms with Crippen LogP contribution in [0.4, 0.5) is 5.69 Å². The summed E-state index contributed by atoms with van der Waals surface area (Å²) in [5, 5.41) is 10.7. The molecule has 88 valence electrons. The summed E-state index contributed by atoms with van der Waals surface area (Å²) in [5.41, 5.74) is 1.71. The molecule has 1 aliphatic rings. The molecule has 3 rings (SSSR count). The zero-order valence-electron chi connectivity index (χ0n) is 8.91. The number of nitro groups is 1. The van der Waals surface area contributed by atoms with Crippen LogP contribution >= 0.6 is 12.8 Å². The third-order valence-corrected chi connectivity index (χ3v) is 3.27. The second-order valence-electron chi connectivity index (χ2n) is 4.00. The van der Waals surface area contributed by atoms with E-state index in [1.807, 2.05) is 4.31 Å². The number of fused-ring (bicyclic) bond motifs is 3. The summed E-state index contributed by atoms with van der Waals surface area (Å²) >= 11 is 4.29. The maximum atomic E-state index is 10.7. The molecule has 2 aromatic rings. The van der Waals surface area contributed by atoms with Crippen LogP contribution < -0.4 is 0 Å². The summed E-state index contributed by atoms with van der Waals surface area (Å²) in [6.07, 6.45) is 0. The molecule has 7 heteroatoms. The second kappa shape index (κ2) is 3.71. The van der Waals surface area contributed by atoms with Gasteiger partial charge < -0.3 is 4.57 Å². The summed E-state index contributed by atoms with van der Waals surface area (Å²) in [4.78, 5) is 14.7. The van der Waals surface area contributed by atoms with E-state index >= 15 is 0 Å². The lowest BCUT2D eigenvalue weighted by Crippen LogP contribution is -2.26. The van der Waals surface area contributed by atoms with Gasteiger partial charge >= 0.3 is 0 Å².